The van der Waals surface area contributed by atoms with Crippen LogP contribution >= 0.6 is 11.6 Å². The van der Waals surface area contributed by atoms with Gasteiger partial charge in [0.05, 0.1) is 0 Å². The smallest absolute Gasteiger partial charge is 0.0454 e. The fourth-order valence-electron chi connectivity index (χ4n) is 2.63. The summed E-state index contributed by atoms with van der Waals surface area (Å²) in [6.45, 7) is 3.08. The van der Waals surface area contributed by atoms with Gasteiger partial charge in [-0.15, -0.1) is 0 Å². The normalized spacial score (nSPS) is 12.7. The zero-order chi connectivity index (χ0) is 14.7. The number of hydrogen-bond acceptors (Lipinski definition) is 1. The Balaban J connectivity index is 1.59. The maximum Gasteiger partial charge on any atom is 0.0454 e. The summed E-state index contributed by atoms with van der Waals surface area (Å²) in [6, 6.07) is 16.9. The van der Waals surface area contributed by atoms with Crippen molar-refractivity contribution in [2.45, 2.75) is 19.4 Å². The van der Waals surface area contributed by atoms with Crippen LogP contribution in [0.15, 0.2) is 54.7 Å². The summed E-state index contributed by atoms with van der Waals surface area (Å²) in [5.74, 6) is 0. The van der Waals surface area contributed by atoms with E-state index in [1.807, 2.05) is 24.4 Å². The van der Waals surface area contributed by atoms with Gasteiger partial charge in [-0.25, -0.2) is 0 Å². The second-order valence-electron chi connectivity index (χ2n) is 5.35. The van der Waals surface area contributed by atoms with Crippen LogP contribution in [0.2, 0.25) is 5.02 Å². The Labute approximate surface area is 130 Å². The first-order chi connectivity index (χ1) is 10.2. The number of nitrogens with one attached hydrogen (secondary N) is 2. The zero-order valence-corrected chi connectivity index (χ0v) is 12.8. The molecule has 108 valence electrons. The maximum absolute atomic E-state index is 6.22. The molecule has 0 fully saturated rings. The molecule has 0 aliphatic rings. The molecule has 0 radical (unpaired) electrons. The molecule has 3 heteroatoms. The lowest BCUT2D eigenvalue weighted by molar-refractivity contribution is 0.577. The van der Waals surface area contributed by atoms with E-state index in [0.29, 0.717) is 0 Å². The summed E-state index contributed by atoms with van der Waals surface area (Å²) in [5.41, 5.74) is 3.69. The van der Waals surface area contributed by atoms with E-state index in [0.717, 1.165) is 23.6 Å². The van der Waals surface area contributed by atoms with Gasteiger partial charge in [-0.3, -0.25) is 0 Å². The van der Waals surface area contributed by atoms with E-state index >= 15 is 0 Å². The van der Waals surface area contributed by atoms with Gasteiger partial charge in [-0.1, -0.05) is 35.9 Å². The second kappa shape index (κ2) is 6.33. The van der Waals surface area contributed by atoms with E-state index in [9.17, 15) is 0 Å². The van der Waals surface area contributed by atoms with Crippen LogP contribution in [0.25, 0.3) is 10.9 Å². The van der Waals surface area contributed by atoms with Crippen molar-refractivity contribution in [2.24, 2.45) is 0 Å². The Bertz CT molecular complexity index is 733. The van der Waals surface area contributed by atoms with Gasteiger partial charge < -0.3 is 10.3 Å². The third-order valence-corrected chi connectivity index (χ3v) is 4.20. The molecule has 1 aromatic heterocycles. The molecule has 3 aromatic rings. The Hall–Kier alpha value is -1.77. The lowest BCUT2D eigenvalue weighted by Gasteiger charge is -2.15. The van der Waals surface area contributed by atoms with Gasteiger partial charge in [0.25, 0.3) is 0 Å². The SMILES string of the molecule is CC(NCCc1ccc2[nH]ccc2c1)c1ccccc1Cl. The molecule has 1 unspecified atom stereocenters. The van der Waals surface area contributed by atoms with Crippen LogP contribution in [0.3, 0.4) is 0 Å². The molecular formula is C18H19ClN2. The van der Waals surface area contributed by atoms with Crippen LogP contribution in [-0.4, -0.2) is 11.5 Å². The number of fused-ring (bicyclic) bond motifs is 1. The molecule has 0 aliphatic heterocycles. The molecule has 0 bridgehead atoms. The molecule has 2 aromatic carbocycles. The molecule has 0 spiro atoms. The van der Waals surface area contributed by atoms with Crippen molar-refractivity contribution in [2.75, 3.05) is 6.54 Å². The predicted octanol–water partition coefficient (Wildman–Crippen LogP) is 4.71. The van der Waals surface area contributed by atoms with Gasteiger partial charge >= 0.3 is 0 Å². The highest BCUT2D eigenvalue weighted by Gasteiger charge is 2.08. The van der Waals surface area contributed by atoms with Crippen molar-refractivity contribution in [3.05, 3.63) is 70.9 Å². The highest BCUT2D eigenvalue weighted by Crippen LogP contribution is 2.22. The van der Waals surface area contributed by atoms with Crippen LogP contribution in [-0.2, 0) is 6.42 Å². The fourth-order valence-corrected chi connectivity index (χ4v) is 2.93. The summed E-state index contributed by atoms with van der Waals surface area (Å²) >= 11 is 6.22. The summed E-state index contributed by atoms with van der Waals surface area (Å²) in [4.78, 5) is 3.22. The number of benzene rings is 2. The molecule has 2 N–H and O–H groups in total. The van der Waals surface area contributed by atoms with Crippen molar-refractivity contribution < 1.29 is 0 Å². The second-order valence-corrected chi connectivity index (χ2v) is 5.75. The van der Waals surface area contributed by atoms with Crippen LogP contribution in [0.4, 0.5) is 0 Å². The first-order valence-corrected chi connectivity index (χ1v) is 7.65. The fraction of sp³-hybridized carbons (Fsp3) is 0.222. The maximum atomic E-state index is 6.22. The van der Waals surface area contributed by atoms with Crippen molar-refractivity contribution in [1.29, 1.82) is 0 Å². The predicted molar refractivity (Wildman–Crippen MR) is 89.9 cm³/mol. The monoisotopic (exact) mass is 298 g/mol. The summed E-state index contributed by atoms with van der Waals surface area (Å²) in [6.07, 6.45) is 2.99. The highest BCUT2D eigenvalue weighted by molar-refractivity contribution is 6.31. The third-order valence-electron chi connectivity index (χ3n) is 3.85. The molecule has 1 heterocycles. The molecule has 2 nitrogen and oxygen atoms in total. The van der Waals surface area contributed by atoms with Gasteiger partial charge in [0.1, 0.15) is 0 Å². The lowest BCUT2D eigenvalue weighted by atomic mass is 10.1. The van der Waals surface area contributed by atoms with E-state index < -0.39 is 0 Å². The van der Waals surface area contributed by atoms with E-state index in [1.54, 1.807) is 0 Å². The van der Waals surface area contributed by atoms with Gasteiger partial charge in [0.15, 0.2) is 0 Å². The van der Waals surface area contributed by atoms with Crippen molar-refractivity contribution in [3.8, 4) is 0 Å². The summed E-state index contributed by atoms with van der Waals surface area (Å²) in [5, 5.41) is 5.63. The standard InChI is InChI=1S/C18H19ClN2/c1-13(16-4-2-3-5-17(16)19)20-10-8-14-6-7-18-15(12-14)9-11-21-18/h2-7,9,11-13,20-21H,8,10H2,1H3. The first kappa shape index (κ1) is 14.2. The van der Waals surface area contributed by atoms with Crippen LogP contribution in [0, 0.1) is 0 Å². The molecule has 0 saturated heterocycles. The minimum absolute atomic E-state index is 0.259. The molecule has 0 amide bonds. The minimum atomic E-state index is 0.259. The van der Waals surface area contributed by atoms with Gasteiger partial charge in [-0.2, -0.15) is 0 Å². The van der Waals surface area contributed by atoms with E-state index in [4.69, 9.17) is 11.6 Å². The highest BCUT2D eigenvalue weighted by atomic mass is 35.5. The molecule has 3 rings (SSSR count). The summed E-state index contributed by atoms with van der Waals surface area (Å²) < 4.78 is 0. The number of rotatable bonds is 5. The number of H-pyrrole nitrogens is 1. The van der Waals surface area contributed by atoms with E-state index in [-0.39, 0.29) is 6.04 Å². The topological polar surface area (TPSA) is 27.8 Å². The molecule has 0 saturated carbocycles. The number of halogens is 1. The molecule has 1 atom stereocenters. The van der Waals surface area contributed by atoms with Crippen molar-refractivity contribution in [3.63, 3.8) is 0 Å². The average molecular weight is 299 g/mol. The Morgan fingerprint density at radius 1 is 1.14 bits per heavy atom. The van der Waals surface area contributed by atoms with Gasteiger partial charge in [0, 0.05) is 22.8 Å². The largest absolute Gasteiger partial charge is 0.361 e. The molecule has 0 aliphatic carbocycles. The number of hydrogen-bond donors (Lipinski definition) is 2. The van der Waals surface area contributed by atoms with Gasteiger partial charge in [0.2, 0.25) is 0 Å². The Kier molecular flexibility index (Phi) is 4.28. The molecule has 21 heavy (non-hydrogen) atoms. The minimum Gasteiger partial charge on any atom is -0.361 e. The zero-order valence-electron chi connectivity index (χ0n) is 12.1. The van der Waals surface area contributed by atoms with Crippen LogP contribution in [0.5, 0.6) is 0 Å². The van der Waals surface area contributed by atoms with E-state index in [1.165, 1.54) is 16.5 Å². The number of aromatic nitrogens is 1. The quantitative estimate of drug-likeness (QED) is 0.701. The van der Waals surface area contributed by atoms with Crippen LogP contribution in [0.1, 0.15) is 24.1 Å². The number of aromatic amines is 1. The lowest BCUT2D eigenvalue weighted by Crippen LogP contribution is -2.21. The third kappa shape index (κ3) is 3.29. The van der Waals surface area contributed by atoms with E-state index in [2.05, 4.69) is 47.6 Å². The van der Waals surface area contributed by atoms with Crippen molar-refractivity contribution in [1.82, 2.24) is 10.3 Å². The Morgan fingerprint density at radius 3 is 2.86 bits per heavy atom. The first-order valence-electron chi connectivity index (χ1n) is 7.28. The van der Waals surface area contributed by atoms with Gasteiger partial charge in [-0.05, 0) is 60.7 Å². The van der Waals surface area contributed by atoms with Crippen LogP contribution < -0.4 is 5.32 Å². The Morgan fingerprint density at radius 2 is 2.00 bits per heavy atom. The summed E-state index contributed by atoms with van der Waals surface area (Å²) in [7, 11) is 0. The van der Waals surface area contributed by atoms with Crippen molar-refractivity contribution >= 4 is 22.5 Å². The molecular weight excluding hydrogens is 280 g/mol. The average Bonchev–Trinajstić information content (AvgIpc) is 2.95.